The third kappa shape index (κ3) is 4.71. The Labute approximate surface area is 156 Å². The Morgan fingerprint density at radius 2 is 1.65 bits per heavy atom. The zero-order chi connectivity index (χ0) is 18.5. The minimum absolute atomic E-state index is 0.00122. The van der Waals surface area contributed by atoms with Crippen molar-refractivity contribution in [2.45, 2.75) is 0 Å². The molecule has 0 unspecified atom stereocenters. The van der Waals surface area contributed by atoms with Crippen molar-refractivity contribution in [1.82, 2.24) is 4.90 Å². The summed E-state index contributed by atoms with van der Waals surface area (Å²) < 4.78 is 0. The number of hydrogen-bond acceptors (Lipinski definition) is 5. The molecule has 1 fully saturated rings. The monoisotopic (exact) mass is 374 g/mol. The number of non-ortho nitro benzene ring substituents is 1. The van der Waals surface area contributed by atoms with Crippen molar-refractivity contribution in [1.29, 1.82) is 0 Å². The van der Waals surface area contributed by atoms with Crippen LogP contribution in [-0.2, 0) is 4.79 Å². The number of nitro groups is 1. The molecular formula is C18H19ClN4O3. The molecule has 0 aromatic heterocycles. The SMILES string of the molecule is O=C(CN1CCN(c2ccc(Cl)cc2)CC1)Nc1ccc([N+](=O)[O-])cc1. The third-order valence-electron chi connectivity index (χ3n) is 4.29. The molecule has 0 aliphatic carbocycles. The summed E-state index contributed by atoms with van der Waals surface area (Å²) >= 11 is 5.92. The van der Waals surface area contributed by atoms with Crippen LogP contribution in [0.5, 0.6) is 0 Å². The van der Waals surface area contributed by atoms with Crippen LogP contribution in [0.3, 0.4) is 0 Å². The molecule has 2 aromatic rings. The lowest BCUT2D eigenvalue weighted by atomic mass is 10.2. The van der Waals surface area contributed by atoms with Gasteiger partial charge in [-0.15, -0.1) is 0 Å². The van der Waals surface area contributed by atoms with E-state index in [2.05, 4.69) is 15.1 Å². The first-order valence-corrected chi connectivity index (χ1v) is 8.66. The van der Waals surface area contributed by atoms with Crippen LogP contribution in [0, 0.1) is 10.1 Å². The number of rotatable bonds is 5. The van der Waals surface area contributed by atoms with Gasteiger partial charge in [-0.1, -0.05) is 11.6 Å². The van der Waals surface area contributed by atoms with E-state index >= 15 is 0 Å². The third-order valence-corrected chi connectivity index (χ3v) is 4.55. The number of halogens is 1. The molecule has 1 amide bonds. The maximum atomic E-state index is 12.2. The standard InChI is InChI=1S/C18H19ClN4O3/c19-14-1-5-16(6-2-14)22-11-9-21(10-12-22)13-18(24)20-15-3-7-17(8-4-15)23(25)26/h1-8H,9-13H2,(H,20,24). The molecule has 136 valence electrons. The summed E-state index contributed by atoms with van der Waals surface area (Å²) in [5.74, 6) is -0.126. The second-order valence-electron chi connectivity index (χ2n) is 6.09. The zero-order valence-corrected chi connectivity index (χ0v) is 14.9. The lowest BCUT2D eigenvalue weighted by Crippen LogP contribution is -2.48. The van der Waals surface area contributed by atoms with E-state index in [0.29, 0.717) is 12.2 Å². The van der Waals surface area contributed by atoms with Gasteiger partial charge in [0.1, 0.15) is 0 Å². The predicted molar refractivity (Wildman–Crippen MR) is 102 cm³/mol. The number of nitrogens with one attached hydrogen (secondary N) is 1. The van der Waals surface area contributed by atoms with Crippen molar-refractivity contribution in [3.8, 4) is 0 Å². The molecule has 0 spiro atoms. The number of carbonyl (C=O) groups excluding carboxylic acids is 1. The number of carbonyl (C=O) groups is 1. The van der Waals surface area contributed by atoms with Gasteiger partial charge in [0.25, 0.3) is 5.69 Å². The molecule has 1 saturated heterocycles. The first-order valence-electron chi connectivity index (χ1n) is 8.28. The van der Waals surface area contributed by atoms with Crippen molar-refractivity contribution >= 4 is 34.6 Å². The van der Waals surface area contributed by atoms with Gasteiger partial charge in [-0.05, 0) is 36.4 Å². The Kier molecular flexibility index (Phi) is 5.70. The zero-order valence-electron chi connectivity index (χ0n) is 14.1. The number of piperazine rings is 1. The highest BCUT2D eigenvalue weighted by atomic mass is 35.5. The van der Waals surface area contributed by atoms with Crippen molar-refractivity contribution in [3.63, 3.8) is 0 Å². The van der Waals surface area contributed by atoms with Crippen LogP contribution in [0.25, 0.3) is 0 Å². The van der Waals surface area contributed by atoms with Crippen LogP contribution in [0.1, 0.15) is 0 Å². The van der Waals surface area contributed by atoms with Crippen molar-refractivity contribution in [3.05, 3.63) is 63.7 Å². The van der Waals surface area contributed by atoms with Crippen molar-refractivity contribution in [2.24, 2.45) is 0 Å². The largest absolute Gasteiger partial charge is 0.369 e. The molecule has 8 heteroatoms. The van der Waals surface area contributed by atoms with Gasteiger partial charge in [0.15, 0.2) is 0 Å². The minimum Gasteiger partial charge on any atom is -0.369 e. The maximum absolute atomic E-state index is 12.2. The van der Waals surface area contributed by atoms with Crippen LogP contribution in [-0.4, -0.2) is 48.5 Å². The molecule has 2 aromatic carbocycles. The van der Waals surface area contributed by atoms with E-state index in [0.717, 1.165) is 36.9 Å². The average Bonchev–Trinajstić information content (AvgIpc) is 2.63. The lowest BCUT2D eigenvalue weighted by molar-refractivity contribution is -0.384. The van der Waals surface area contributed by atoms with Crippen LogP contribution < -0.4 is 10.2 Å². The molecule has 0 radical (unpaired) electrons. The molecule has 7 nitrogen and oxygen atoms in total. The summed E-state index contributed by atoms with van der Waals surface area (Å²) in [5, 5.41) is 14.1. The lowest BCUT2D eigenvalue weighted by Gasteiger charge is -2.35. The summed E-state index contributed by atoms with van der Waals surface area (Å²) in [6.07, 6.45) is 0. The highest BCUT2D eigenvalue weighted by Crippen LogP contribution is 2.19. The van der Waals surface area contributed by atoms with Gasteiger partial charge in [0.05, 0.1) is 11.5 Å². The van der Waals surface area contributed by atoms with E-state index < -0.39 is 4.92 Å². The molecular weight excluding hydrogens is 356 g/mol. The van der Waals surface area contributed by atoms with Crippen LogP contribution in [0.15, 0.2) is 48.5 Å². The van der Waals surface area contributed by atoms with Crippen LogP contribution in [0.2, 0.25) is 5.02 Å². The summed E-state index contributed by atoms with van der Waals surface area (Å²) in [7, 11) is 0. The van der Waals surface area contributed by atoms with Gasteiger partial charge < -0.3 is 10.2 Å². The average molecular weight is 375 g/mol. The Morgan fingerprint density at radius 3 is 2.23 bits per heavy atom. The number of benzene rings is 2. The summed E-state index contributed by atoms with van der Waals surface area (Å²) in [6, 6.07) is 13.6. The van der Waals surface area contributed by atoms with Gasteiger partial charge in [-0.25, -0.2) is 0 Å². The van der Waals surface area contributed by atoms with Crippen LogP contribution in [0.4, 0.5) is 17.1 Å². The number of amides is 1. The van der Waals surface area contributed by atoms with Crippen molar-refractivity contribution in [2.75, 3.05) is 42.9 Å². The van der Waals surface area contributed by atoms with Crippen molar-refractivity contribution < 1.29 is 9.72 Å². The molecule has 1 heterocycles. The predicted octanol–water partition coefficient (Wildman–Crippen LogP) is 3.01. The van der Waals surface area contributed by atoms with E-state index in [1.54, 1.807) is 0 Å². The molecule has 0 saturated carbocycles. The Hall–Kier alpha value is -2.64. The number of nitro benzene ring substituents is 1. The first-order chi connectivity index (χ1) is 12.5. The quantitative estimate of drug-likeness (QED) is 0.643. The fraction of sp³-hybridized carbons (Fsp3) is 0.278. The minimum atomic E-state index is -0.466. The van der Waals surface area contributed by atoms with Gasteiger partial charge in [0.2, 0.25) is 5.91 Å². The maximum Gasteiger partial charge on any atom is 0.269 e. The number of hydrogen-bond donors (Lipinski definition) is 1. The van der Waals surface area contributed by atoms with E-state index in [1.807, 2.05) is 24.3 Å². The molecule has 26 heavy (non-hydrogen) atoms. The molecule has 3 rings (SSSR count). The van der Waals surface area contributed by atoms with E-state index in [-0.39, 0.29) is 11.6 Å². The Balaban J connectivity index is 1.47. The molecule has 1 N–H and O–H groups in total. The summed E-state index contributed by atoms with van der Waals surface area (Å²) in [4.78, 5) is 26.7. The Bertz CT molecular complexity index is 772. The number of anilines is 2. The van der Waals surface area contributed by atoms with Gasteiger partial charge in [-0.2, -0.15) is 0 Å². The smallest absolute Gasteiger partial charge is 0.269 e. The molecule has 1 aliphatic heterocycles. The van der Waals surface area contributed by atoms with Crippen LogP contribution >= 0.6 is 11.6 Å². The Morgan fingerprint density at radius 1 is 1.04 bits per heavy atom. The second kappa shape index (κ2) is 8.16. The van der Waals surface area contributed by atoms with Gasteiger partial charge in [0, 0.05) is 54.7 Å². The highest BCUT2D eigenvalue weighted by molar-refractivity contribution is 6.30. The normalized spacial score (nSPS) is 14.9. The van der Waals surface area contributed by atoms with E-state index in [4.69, 9.17) is 11.6 Å². The second-order valence-corrected chi connectivity index (χ2v) is 6.53. The highest BCUT2D eigenvalue weighted by Gasteiger charge is 2.19. The fourth-order valence-corrected chi connectivity index (χ4v) is 3.01. The van der Waals surface area contributed by atoms with E-state index in [9.17, 15) is 14.9 Å². The number of nitrogens with zero attached hydrogens (tertiary/aromatic N) is 3. The molecule has 0 bridgehead atoms. The molecule has 0 atom stereocenters. The van der Waals surface area contributed by atoms with Gasteiger partial charge in [-0.3, -0.25) is 19.8 Å². The topological polar surface area (TPSA) is 78.7 Å². The summed E-state index contributed by atoms with van der Waals surface area (Å²) in [6.45, 7) is 3.55. The van der Waals surface area contributed by atoms with Gasteiger partial charge >= 0.3 is 0 Å². The summed E-state index contributed by atoms with van der Waals surface area (Å²) in [5.41, 5.74) is 1.69. The molecule has 1 aliphatic rings. The fourth-order valence-electron chi connectivity index (χ4n) is 2.89. The first kappa shape index (κ1) is 18.2. The van der Waals surface area contributed by atoms with E-state index in [1.165, 1.54) is 24.3 Å².